The summed E-state index contributed by atoms with van der Waals surface area (Å²) < 4.78 is 32.8. The van der Waals surface area contributed by atoms with Gasteiger partial charge in [-0.1, -0.05) is 44.8 Å². The molecule has 1 aromatic heterocycles. The van der Waals surface area contributed by atoms with Crippen LogP contribution >= 0.6 is 27.5 Å². The number of hydrogen-bond acceptors (Lipinski definition) is 5. The summed E-state index contributed by atoms with van der Waals surface area (Å²) in [6.45, 7) is -0.105. The van der Waals surface area contributed by atoms with E-state index in [2.05, 4.69) is 30.8 Å². The van der Waals surface area contributed by atoms with E-state index >= 15 is 0 Å². The van der Waals surface area contributed by atoms with Gasteiger partial charge in [-0.3, -0.25) is 0 Å². The quantitative estimate of drug-likeness (QED) is 0.671. The Bertz CT molecular complexity index is 958. The van der Waals surface area contributed by atoms with Crippen LogP contribution in [0.25, 0.3) is 11.4 Å². The maximum absolute atomic E-state index is 12.2. The van der Waals surface area contributed by atoms with Crippen LogP contribution in [0.1, 0.15) is 5.89 Å². The first kappa shape index (κ1) is 17.1. The molecule has 1 N–H and O–H groups in total. The maximum atomic E-state index is 12.2. The number of hydrogen-bond donors (Lipinski definition) is 1. The zero-order chi connectivity index (χ0) is 17.2. The normalized spacial score (nSPS) is 11.6. The average molecular weight is 429 g/mol. The van der Waals surface area contributed by atoms with Crippen LogP contribution in [0.2, 0.25) is 5.02 Å². The molecule has 0 saturated heterocycles. The van der Waals surface area contributed by atoms with Crippen molar-refractivity contribution in [1.82, 2.24) is 14.9 Å². The Kier molecular flexibility index (Phi) is 5.00. The van der Waals surface area contributed by atoms with Gasteiger partial charge in [0.1, 0.15) is 0 Å². The van der Waals surface area contributed by atoms with E-state index in [1.54, 1.807) is 0 Å². The number of rotatable bonds is 5. The Morgan fingerprint density at radius 2 is 1.92 bits per heavy atom. The molecular weight excluding hydrogens is 418 g/mol. The van der Waals surface area contributed by atoms with Crippen molar-refractivity contribution in [2.75, 3.05) is 0 Å². The van der Waals surface area contributed by atoms with Crippen molar-refractivity contribution in [3.63, 3.8) is 0 Å². The van der Waals surface area contributed by atoms with E-state index in [-0.39, 0.29) is 17.3 Å². The Morgan fingerprint density at radius 1 is 1.17 bits per heavy atom. The SMILES string of the molecule is O=S(=O)(NCc1nc(-c2cccc(Br)c2)no1)c1ccc(Cl)cc1. The Morgan fingerprint density at radius 3 is 2.62 bits per heavy atom. The van der Waals surface area contributed by atoms with E-state index in [0.29, 0.717) is 10.8 Å². The lowest BCUT2D eigenvalue weighted by Crippen LogP contribution is -2.23. The molecule has 124 valence electrons. The van der Waals surface area contributed by atoms with E-state index in [9.17, 15) is 8.42 Å². The fourth-order valence-electron chi connectivity index (χ4n) is 1.93. The minimum Gasteiger partial charge on any atom is -0.338 e. The van der Waals surface area contributed by atoms with Crippen LogP contribution in [0.4, 0.5) is 0 Å². The summed E-state index contributed by atoms with van der Waals surface area (Å²) in [6.07, 6.45) is 0. The van der Waals surface area contributed by atoms with Crippen LogP contribution in [0.15, 0.2) is 62.4 Å². The minimum atomic E-state index is -3.68. The van der Waals surface area contributed by atoms with Gasteiger partial charge >= 0.3 is 0 Å². The molecule has 0 aliphatic heterocycles. The number of aromatic nitrogens is 2. The topological polar surface area (TPSA) is 85.1 Å². The van der Waals surface area contributed by atoms with Crippen LogP contribution in [-0.4, -0.2) is 18.6 Å². The lowest BCUT2D eigenvalue weighted by atomic mass is 10.2. The molecule has 24 heavy (non-hydrogen) atoms. The van der Waals surface area contributed by atoms with E-state index in [0.717, 1.165) is 10.0 Å². The number of nitrogens with one attached hydrogen (secondary N) is 1. The number of benzene rings is 2. The Labute approximate surface area is 152 Å². The van der Waals surface area contributed by atoms with Crippen LogP contribution in [-0.2, 0) is 16.6 Å². The van der Waals surface area contributed by atoms with Crippen molar-refractivity contribution in [3.8, 4) is 11.4 Å². The lowest BCUT2D eigenvalue weighted by molar-refractivity contribution is 0.376. The van der Waals surface area contributed by atoms with Crippen LogP contribution in [0, 0.1) is 0 Å². The molecule has 2 aromatic carbocycles. The predicted molar refractivity (Wildman–Crippen MR) is 92.9 cm³/mol. The van der Waals surface area contributed by atoms with Gasteiger partial charge in [-0.05, 0) is 36.4 Å². The van der Waals surface area contributed by atoms with E-state index in [1.165, 1.54) is 24.3 Å². The van der Waals surface area contributed by atoms with Crippen molar-refractivity contribution < 1.29 is 12.9 Å². The highest BCUT2D eigenvalue weighted by molar-refractivity contribution is 9.10. The van der Waals surface area contributed by atoms with E-state index in [1.807, 2.05) is 24.3 Å². The number of halogens is 2. The molecule has 3 rings (SSSR count). The molecule has 0 aliphatic rings. The molecule has 0 amide bonds. The van der Waals surface area contributed by atoms with Crippen LogP contribution < -0.4 is 4.72 Å². The van der Waals surface area contributed by atoms with E-state index in [4.69, 9.17) is 16.1 Å². The zero-order valence-electron chi connectivity index (χ0n) is 12.1. The Hall–Kier alpha value is -1.74. The van der Waals surface area contributed by atoms with Gasteiger partial charge in [0.25, 0.3) is 0 Å². The van der Waals surface area contributed by atoms with Crippen molar-refractivity contribution in [2.24, 2.45) is 0 Å². The van der Waals surface area contributed by atoms with Gasteiger partial charge in [-0.2, -0.15) is 4.98 Å². The second-order valence-electron chi connectivity index (χ2n) is 4.80. The zero-order valence-corrected chi connectivity index (χ0v) is 15.3. The molecular formula is C15H11BrClN3O3S. The average Bonchev–Trinajstić information content (AvgIpc) is 3.03. The van der Waals surface area contributed by atoms with Crippen LogP contribution in [0.5, 0.6) is 0 Å². The molecule has 0 radical (unpaired) electrons. The van der Waals surface area contributed by atoms with Crippen molar-refractivity contribution in [2.45, 2.75) is 11.4 Å². The number of sulfonamides is 1. The first-order valence-corrected chi connectivity index (χ1v) is 9.43. The van der Waals surface area contributed by atoms with Gasteiger partial charge in [0.05, 0.1) is 11.4 Å². The fourth-order valence-corrected chi connectivity index (χ4v) is 3.43. The lowest BCUT2D eigenvalue weighted by Gasteiger charge is -2.04. The van der Waals surface area contributed by atoms with Gasteiger partial charge in [0.2, 0.25) is 21.7 Å². The molecule has 9 heteroatoms. The van der Waals surface area contributed by atoms with Crippen molar-refractivity contribution in [1.29, 1.82) is 0 Å². The van der Waals surface area contributed by atoms with Gasteiger partial charge in [-0.15, -0.1) is 0 Å². The first-order valence-electron chi connectivity index (χ1n) is 6.78. The monoisotopic (exact) mass is 427 g/mol. The second kappa shape index (κ2) is 7.02. The summed E-state index contributed by atoms with van der Waals surface area (Å²) in [7, 11) is -3.68. The van der Waals surface area contributed by atoms with E-state index < -0.39 is 10.0 Å². The molecule has 0 fully saturated rings. The van der Waals surface area contributed by atoms with Crippen molar-refractivity contribution >= 4 is 37.6 Å². The molecule has 3 aromatic rings. The highest BCUT2D eigenvalue weighted by Gasteiger charge is 2.16. The standard InChI is InChI=1S/C15H11BrClN3O3S/c16-11-3-1-2-10(8-11)15-19-14(23-20-15)9-18-24(21,22)13-6-4-12(17)5-7-13/h1-8,18H,9H2. The smallest absolute Gasteiger partial charge is 0.242 e. The van der Waals surface area contributed by atoms with Crippen molar-refractivity contribution in [3.05, 3.63) is 63.9 Å². The summed E-state index contributed by atoms with van der Waals surface area (Å²) in [5.41, 5.74) is 0.764. The third-order valence-corrected chi connectivity index (χ3v) is 5.25. The summed E-state index contributed by atoms with van der Waals surface area (Å²) >= 11 is 9.12. The third kappa shape index (κ3) is 4.02. The fraction of sp³-hybridized carbons (Fsp3) is 0.0667. The van der Waals surface area contributed by atoms with Gasteiger partial charge in [-0.25, -0.2) is 13.1 Å². The summed E-state index contributed by atoms with van der Waals surface area (Å²) in [4.78, 5) is 4.30. The highest BCUT2D eigenvalue weighted by Crippen LogP contribution is 2.20. The second-order valence-corrected chi connectivity index (χ2v) is 7.92. The molecule has 0 unspecified atom stereocenters. The maximum Gasteiger partial charge on any atom is 0.242 e. The molecule has 0 bridgehead atoms. The van der Waals surface area contributed by atoms with Gasteiger partial charge in [0.15, 0.2) is 0 Å². The molecule has 1 heterocycles. The molecule has 0 saturated carbocycles. The summed E-state index contributed by atoms with van der Waals surface area (Å²) in [5, 5.41) is 4.32. The van der Waals surface area contributed by atoms with Crippen LogP contribution in [0.3, 0.4) is 0 Å². The predicted octanol–water partition coefficient (Wildman–Crippen LogP) is 3.63. The summed E-state index contributed by atoms with van der Waals surface area (Å²) in [6, 6.07) is 13.3. The summed E-state index contributed by atoms with van der Waals surface area (Å²) in [5.74, 6) is 0.555. The van der Waals surface area contributed by atoms with Gasteiger partial charge < -0.3 is 4.52 Å². The first-order chi connectivity index (χ1) is 11.4. The molecule has 0 spiro atoms. The molecule has 6 nitrogen and oxygen atoms in total. The van der Waals surface area contributed by atoms with Gasteiger partial charge in [0, 0.05) is 15.1 Å². The molecule has 0 aliphatic carbocycles. The number of nitrogens with zero attached hydrogens (tertiary/aromatic N) is 2. The largest absolute Gasteiger partial charge is 0.338 e. The molecule has 0 atom stereocenters. The highest BCUT2D eigenvalue weighted by atomic mass is 79.9. The minimum absolute atomic E-state index is 0.105. The Balaban J connectivity index is 1.72. The third-order valence-electron chi connectivity index (χ3n) is 3.09.